The van der Waals surface area contributed by atoms with Crippen LogP contribution in [-0.2, 0) is 16.1 Å². The van der Waals surface area contributed by atoms with Crippen molar-refractivity contribution < 1.29 is 9.59 Å². The minimum Gasteiger partial charge on any atom is -0.379 e. The second kappa shape index (κ2) is 9.99. The van der Waals surface area contributed by atoms with Crippen LogP contribution in [0, 0.1) is 0 Å². The van der Waals surface area contributed by atoms with Crippen molar-refractivity contribution in [3.05, 3.63) is 83.5 Å². The van der Waals surface area contributed by atoms with Crippen LogP contribution in [0.15, 0.2) is 77.9 Å². The summed E-state index contributed by atoms with van der Waals surface area (Å²) in [5.41, 5.74) is 15.4. The zero-order chi connectivity index (χ0) is 23.2. The van der Waals surface area contributed by atoms with E-state index in [1.807, 2.05) is 53.4 Å². The van der Waals surface area contributed by atoms with Crippen molar-refractivity contribution in [1.82, 2.24) is 21.1 Å². The van der Waals surface area contributed by atoms with Crippen molar-refractivity contribution in [1.29, 1.82) is 0 Å². The summed E-state index contributed by atoms with van der Waals surface area (Å²) in [4.78, 5) is 27.5. The van der Waals surface area contributed by atoms with Gasteiger partial charge in [0.1, 0.15) is 11.5 Å². The van der Waals surface area contributed by atoms with Crippen LogP contribution < -0.4 is 32.1 Å². The lowest BCUT2D eigenvalue weighted by Crippen LogP contribution is -2.48. The summed E-state index contributed by atoms with van der Waals surface area (Å²) >= 11 is 0. The smallest absolute Gasteiger partial charge is 0.268 e. The molecule has 1 fully saturated rings. The molecule has 2 aromatic rings. The Balaban J connectivity index is 1.40. The summed E-state index contributed by atoms with van der Waals surface area (Å²) in [5.74, 6) is 0.253. The van der Waals surface area contributed by atoms with Crippen LogP contribution in [0.4, 0.5) is 11.4 Å². The first-order chi connectivity index (χ1) is 16.0. The summed E-state index contributed by atoms with van der Waals surface area (Å²) in [7, 11) is 0. The third-order valence-corrected chi connectivity index (χ3v) is 5.69. The molecule has 0 unspecified atom stereocenters. The predicted molar refractivity (Wildman–Crippen MR) is 128 cm³/mol. The number of allylic oxidation sites excluding steroid dienone is 1. The molecule has 0 radical (unpaired) electrons. The highest BCUT2D eigenvalue weighted by atomic mass is 16.2. The second-order valence-corrected chi connectivity index (χ2v) is 7.97. The molecule has 2 aliphatic rings. The largest absolute Gasteiger partial charge is 0.379 e. The number of hydrogen-bond acceptors (Lipinski definition) is 7. The number of hydrogen-bond donors (Lipinski definition) is 5. The molecule has 4 rings (SSSR count). The lowest BCUT2D eigenvalue weighted by molar-refractivity contribution is -0.129. The number of piperazine rings is 1. The van der Waals surface area contributed by atoms with Gasteiger partial charge in [0.15, 0.2) is 0 Å². The highest BCUT2D eigenvalue weighted by Crippen LogP contribution is 2.21. The summed E-state index contributed by atoms with van der Waals surface area (Å²) in [6.45, 7) is 5.30. The number of primary amides is 1. The standard InChI is InChI=1S/C24H29N7O2/c1-17(32)30-11-13-31(14-12-30)20-9-7-19(8-10-20)27-22-15-21(23(24(25)33)29-28-22)26-16-18-5-3-2-4-6-18/h2-10,15,26-29H,11-14,16H2,1H3,(H2,25,33). The summed E-state index contributed by atoms with van der Waals surface area (Å²) < 4.78 is 0. The molecule has 9 heteroatoms. The Morgan fingerprint density at radius 1 is 0.970 bits per heavy atom. The van der Waals surface area contributed by atoms with Gasteiger partial charge in [-0.3, -0.25) is 20.4 Å². The molecule has 0 spiro atoms. The Kier molecular flexibility index (Phi) is 6.68. The fraction of sp³-hybridized carbons (Fsp3) is 0.250. The third kappa shape index (κ3) is 5.57. The van der Waals surface area contributed by atoms with Gasteiger partial charge >= 0.3 is 0 Å². The van der Waals surface area contributed by atoms with Gasteiger partial charge in [0.2, 0.25) is 5.91 Å². The van der Waals surface area contributed by atoms with E-state index in [0.717, 1.165) is 43.1 Å². The number of nitrogens with one attached hydrogen (secondary N) is 4. The molecule has 0 aliphatic carbocycles. The number of benzene rings is 2. The van der Waals surface area contributed by atoms with Crippen LogP contribution in [0.2, 0.25) is 0 Å². The first-order valence-electron chi connectivity index (χ1n) is 10.9. The van der Waals surface area contributed by atoms with E-state index in [1.165, 1.54) is 0 Å². The van der Waals surface area contributed by atoms with Crippen LogP contribution in [0.25, 0.3) is 0 Å². The van der Waals surface area contributed by atoms with Crippen LogP contribution in [0.3, 0.4) is 0 Å². The highest BCUT2D eigenvalue weighted by molar-refractivity contribution is 5.92. The van der Waals surface area contributed by atoms with E-state index in [9.17, 15) is 9.59 Å². The van der Waals surface area contributed by atoms with Crippen molar-refractivity contribution in [2.24, 2.45) is 5.73 Å². The molecular weight excluding hydrogens is 418 g/mol. The van der Waals surface area contributed by atoms with E-state index in [2.05, 4.69) is 38.5 Å². The summed E-state index contributed by atoms with van der Waals surface area (Å²) in [6.07, 6.45) is 1.81. The highest BCUT2D eigenvalue weighted by Gasteiger charge is 2.19. The van der Waals surface area contributed by atoms with Crippen LogP contribution >= 0.6 is 0 Å². The molecular formula is C24H29N7O2. The van der Waals surface area contributed by atoms with Gasteiger partial charge in [-0.15, -0.1) is 0 Å². The number of rotatable bonds is 7. The predicted octanol–water partition coefficient (Wildman–Crippen LogP) is 1.20. The molecule has 0 aromatic heterocycles. The number of nitrogens with zero attached hydrogens (tertiary/aromatic N) is 2. The summed E-state index contributed by atoms with van der Waals surface area (Å²) in [6, 6.07) is 18.0. The first kappa shape index (κ1) is 22.1. The molecule has 2 amide bonds. The SMILES string of the molecule is CC(=O)N1CCN(c2ccc(NC3=CC(NCc4ccccc4)=C(C(N)=O)NN3)cc2)CC1. The fourth-order valence-corrected chi connectivity index (χ4v) is 3.83. The monoisotopic (exact) mass is 447 g/mol. The Labute approximate surface area is 193 Å². The molecule has 1 saturated heterocycles. The zero-order valence-corrected chi connectivity index (χ0v) is 18.6. The van der Waals surface area contributed by atoms with Gasteiger partial charge in [-0.05, 0) is 29.8 Å². The molecule has 33 heavy (non-hydrogen) atoms. The van der Waals surface area contributed by atoms with E-state index in [4.69, 9.17) is 5.73 Å². The minimum absolute atomic E-state index is 0.127. The van der Waals surface area contributed by atoms with Crippen molar-refractivity contribution in [3.63, 3.8) is 0 Å². The van der Waals surface area contributed by atoms with Gasteiger partial charge < -0.3 is 26.2 Å². The third-order valence-electron chi connectivity index (χ3n) is 5.69. The molecule has 2 aromatic carbocycles. The van der Waals surface area contributed by atoms with E-state index >= 15 is 0 Å². The number of carbonyl (C=O) groups excluding carboxylic acids is 2. The second-order valence-electron chi connectivity index (χ2n) is 7.97. The number of amides is 2. The molecule has 2 aliphatic heterocycles. The van der Waals surface area contributed by atoms with Gasteiger partial charge in [0.05, 0.1) is 5.70 Å². The van der Waals surface area contributed by atoms with Crippen LogP contribution in [0.5, 0.6) is 0 Å². The van der Waals surface area contributed by atoms with Crippen molar-refractivity contribution >= 4 is 23.2 Å². The van der Waals surface area contributed by atoms with E-state index in [0.29, 0.717) is 18.1 Å². The zero-order valence-electron chi connectivity index (χ0n) is 18.6. The molecule has 2 heterocycles. The molecule has 0 atom stereocenters. The van der Waals surface area contributed by atoms with E-state index in [-0.39, 0.29) is 11.6 Å². The van der Waals surface area contributed by atoms with Crippen LogP contribution in [0.1, 0.15) is 12.5 Å². The van der Waals surface area contributed by atoms with Crippen molar-refractivity contribution in [2.75, 3.05) is 36.4 Å². The number of nitrogens with two attached hydrogens (primary N) is 1. The molecule has 6 N–H and O–H groups in total. The average Bonchev–Trinajstić information content (AvgIpc) is 2.84. The maximum atomic E-state index is 11.8. The van der Waals surface area contributed by atoms with Gasteiger partial charge in [-0.25, -0.2) is 0 Å². The van der Waals surface area contributed by atoms with E-state index < -0.39 is 5.91 Å². The molecule has 0 saturated carbocycles. The van der Waals surface area contributed by atoms with Crippen molar-refractivity contribution in [2.45, 2.75) is 13.5 Å². The number of anilines is 2. The van der Waals surface area contributed by atoms with Crippen molar-refractivity contribution in [3.8, 4) is 0 Å². The Morgan fingerprint density at radius 2 is 1.67 bits per heavy atom. The molecule has 172 valence electrons. The minimum atomic E-state index is -0.553. The number of hydrazine groups is 1. The Bertz CT molecular complexity index is 1060. The van der Waals surface area contributed by atoms with Gasteiger partial charge in [0.25, 0.3) is 5.91 Å². The Morgan fingerprint density at radius 3 is 2.30 bits per heavy atom. The normalized spacial score (nSPS) is 15.8. The number of carbonyl (C=O) groups is 2. The van der Waals surface area contributed by atoms with Gasteiger partial charge in [-0.2, -0.15) is 0 Å². The first-order valence-corrected chi connectivity index (χ1v) is 10.9. The maximum Gasteiger partial charge on any atom is 0.268 e. The topological polar surface area (TPSA) is 115 Å². The quantitative estimate of drug-likeness (QED) is 0.433. The lowest BCUT2D eigenvalue weighted by atomic mass is 10.2. The van der Waals surface area contributed by atoms with E-state index in [1.54, 1.807) is 6.92 Å². The summed E-state index contributed by atoms with van der Waals surface area (Å²) in [5, 5.41) is 6.58. The van der Waals surface area contributed by atoms with Gasteiger partial charge in [-0.1, -0.05) is 30.3 Å². The Hall–Kier alpha value is -4.14. The fourth-order valence-electron chi connectivity index (χ4n) is 3.83. The van der Waals surface area contributed by atoms with Crippen LogP contribution in [-0.4, -0.2) is 42.9 Å². The maximum absolute atomic E-state index is 11.8. The van der Waals surface area contributed by atoms with Gasteiger partial charge in [0, 0.05) is 57.1 Å². The lowest BCUT2D eigenvalue weighted by Gasteiger charge is -2.35. The molecule has 9 nitrogen and oxygen atoms in total. The molecule has 0 bridgehead atoms. The average molecular weight is 448 g/mol.